The Morgan fingerprint density at radius 3 is 2.83 bits per heavy atom. The lowest BCUT2D eigenvalue weighted by Crippen LogP contribution is -2.34. The van der Waals surface area contributed by atoms with Crippen LogP contribution in [-0.4, -0.2) is 17.9 Å². The first kappa shape index (κ1) is 16.0. The lowest BCUT2D eigenvalue weighted by Gasteiger charge is -2.25. The molecule has 0 saturated carbocycles. The second-order valence-electron chi connectivity index (χ2n) is 5.57. The summed E-state index contributed by atoms with van der Waals surface area (Å²) in [5, 5.41) is 5.47. The molecule has 3 rings (SSSR count). The fourth-order valence-electron chi connectivity index (χ4n) is 2.49. The third kappa shape index (κ3) is 3.37. The van der Waals surface area contributed by atoms with Gasteiger partial charge < -0.3 is 15.4 Å². The smallest absolute Gasteiger partial charge is 0.265 e. The molecule has 0 aliphatic carbocycles. The Morgan fingerprint density at radius 2 is 2.04 bits per heavy atom. The number of nitrogens with one attached hydrogen (secondary N) is 2. The van der Waals surface area contributed by atoms with Crippen molar-refractivity contribution in [3.05, 3.63) is 53.8 Å². The molecule has 0 spiro atoms. The Kier molecular flexibility index (Phi) is 4.46. The molecule has 0 bridgehead atoms. The molecule has 1 heterocycles. The number of para-hydroxylation sites is 1. The molecule has 0 saturated heterocycles. The summed E-state index contributed by atoms with van der Waals surface area (Å²) in [6, 6.07) is 11.5. The van der Waals surface area contributed by atoms with Crippen molar-refractivity contribution >= 4 is 23.2 Å². The minimum atomic E-state index is -0.579. The standard InChI is InChI=1S/C18H17FN2O3/c1-11-18(23)21-17-14(7-4-8-15(17)24-11)20-16(22)10-9-12-5-2-3-6-13(12)19/h2-8,11H,9-10H2,1H3,(H,20,22)(H,21,23). The summed E-state index contributed by atoms with van der Waals surface area (Å²) in [6.07, 6.45) is -0.145. The fraction of sp³-hybridized carbons (Fsp3) is 0.222. The summed E-state index contributed by atoms with van der Waals surface area (Å²) in [5.41, 5.74) is 1.40. The quantitative estimate of drug-likeness (QED) is 0.906. The maximum Gasteiger partial charge on any atom is 0.265 e. The van der Waals surface area contributed by atoms with Crippen LogP contribution in [0.5, 0.6) is 5.75 Å². The van der Waals surface area contributed by atoms with Crippen molar-refractivity contribution in [3.8, 4) is 5.75 Å². The summed E-state index contributed by atoms with van der Waals surface area (Å²) in [4.78, 5) is 23.9. The number of benzene rings is 2. The molecule has 124 valence electrons. The Morgan fingerprint density at radius 1 is 1.25 bits per heavy atom. The third-order valence-corrected chi connectivity index (χ3v) is 3.80. The van der Waals surface area contributed by atoms with Gasteiger partial charge in [0.1, 0.15) is 17.3 Å². The minimum Gasteiger partial charge on any atom is -0.479 e. The highest BCUT2D eigenvalue weighted by Crippen LogP contribution is 2.36. The highest BCUT2D eigenvalue weighted by Gasteiger charge is 2.25. The van der Waals surface area contributed by atoms with E-state index in [0.29, 0.717) is 29.1 Å². The van der Waals surface area contributed by atoms with Gasteiger partial charge in [-0.3, -0.25) is 9.59 Å². The first-order valence-corrected chi connectivity index (χ1v) is 7.68. The number of ether oxygens (including phenoxy) is 1. The molecule has 1 aliphatic heterocycles. The molecule has 0 aromatic heterocycles. The van der Waals surface area contributed by atoms with Gasteiger partial charge in [0.15, 0.2) is 6.10 Å². The zero-order valence-electron chi connectivity index (χ0n) is 13.1. The highest BCUT2D eigenvalue weighted by molar-refractivity contribution is 6.04. The van der Waals surface area contributed by atoms with Gasteiger partial charge in [-0.05, 0) is 37.1 Å². The molecule has 2 N–H and O–H groups in total. The van der Waals surface area contributed by atoms with Gasteiger partial charge >= 0.3 is 0 Å². The van der Waals surface area contributed by atoms with E-state index in [0.717, 1.165) is 0 Å². The van der Waals surface area contributed by atoms with E-state index in [1.54, 1.807) is 43.3 Å². The summed E-state index contributed by atoms with van der Waals surface area (Å²) >= 11 is 0. The van der Waals surface area contributed by atoms with Crippen molar-refractivity contribution in [2.24, 2.45) is 0 Å². The zero-order chi connectivity index (χ0) is 17.1. The topological polar surface area (TPSA) is 67.4 Å². The fourth-order valence-corrected chi connectivity index (χ4v) is 2.49. The number of anilines is 2. The summed E-state index contributed by atoms with van der Waals surface area (Å²) in [7, 11) is 0. The van der Waals surface area contributed by atoms with Gasteiger partial charge in [-0.25, -0.2) is 4.39 Å². The average Bonchev–Trinajstić information content (AvgIpc) is 2.56. The monoisotopic (exact) mass is 328 g/mol. The van der Waals surface area contributed by atoms with Crippen LogP contribution in [0, 0.1) is 5.82 Å². The molecule has 6 heteroatoms. The SMILES string of the molecule is CC1Oc2cccc(NC(=O)CCc3ccccc3F)c2NC1=O. The number of fused-ring (bicyclic) bond motifs is 1. The Labute approximate surface area is 138 Å². The van der Waals surface area contributed by atoms with E-state index in [-0.39, 0.29) is 24.1 Å². The normalized spacial score (nSPS) is 15.9. The first-order valence-electron chi connectivity index (χ1n) is 7.68. The molecule has 1 unspecified atom stereocenters. The van der Waals surface area contributed by atoms with Gasteiger partial charge in [0.25, 0.3) is 5.91 Å². The molecule has 0 fully saturated rings. The molecule has 0 radical (unpaired) electrons. The Hall–Kier alpha value is -2.89. The summed E-state index contributed by atoms with van der Waals surface area (Å²) < 4.78 is 19.1. The molecule has 1 atom stereocenters. The zero-order valence-corrected chi connectivity index (χ0v) is 13.1. The molecule has 24 heavy (non-hydrogen) atoms. The Bertz CT molecular complexity index is 792. The maximum atomic E-state index is 13.6. The van der Waals surface area contributed by atoms with Gasteiger partial charge in [-0.15, -0.1) is 0 Å². The van der Waals surface area contributed by atoms with Crippen LogP contribution in [0.3, 0.4) is 0 Å². The number of rotatable bonds is 4. The average molecular weight is 328 g/mol. The van der Waals surface area contributed by atoms with Crippen LogP contribution < -0.4 is 15.4 Å². The van der Waals surface area contributed by atoms with Crippen molar-refractivity contribution in [1.82, 2.24) is 0 Å². The van der Waals surface area contributed by atoms with Crippen LogP contribution in [0.4, 0.5) is 15.8 Å². The van der Waals surface area contributed by atoms with Crippen LogP contribution in [-0.2, 0) is 16.0 Å². The van der Waals surface area contributed by atoms with E-state index in [1.807, 2.05) is 0 Å². The third-order valence-electron chi connectivity index (χ3n) is 3.80. The van der Waals surface area contributed by atoms with E-state index in [4.69, 9.17) is 4.74 Å². The highest BCUT2D eigenvalue weighted by atomic mass is 19.1. The van der Waals surface area contributed by atoms with E-state index >= 15 is 0 Å². The minimum absolute atomic E-state index is 0.135. The van der Waals surface area contributed by atoms with E-state index in [1.165, 1.54) is 6.07 Å². The number of carbonyl (C=O) groups is 2. The molecule has 2 amide bonds. The molecular formula is C18H17FN2O3. The number of halogens is 1. The van der Waals surface area contributed by atoms with Crippen LogP contribution in [0.15, 0.2) is 42.5 Å². The second kappa shape index (κ2) is 6.70. The van der Waals surface area contributed by atoms with E-state index in [9.17, 15) is 14.0 Å². The number of aryl methyl sites for hydroxylation is 1. The van der Waals surface area contributed by atoms with Gasteiger partial charge in [0.05, 0.1) is 5.69 Å². The molecule has 2 aromatic carbocycles. The van der Waals surface area contributed by atoms with Crippen LogP contribution in [0.25, 0.3) is 0 Å². The lowest BCUT2D eigenvalue weighted by atomic mass is 10.1. The molecule has 2 aromatic rings. The van der Waals surface area contributed by atoms with E-state index in [2.05, 4.69) is 10.6 Å². The van der Waals surface area contributed by atoms with Gasteiger partial charge in [-0.1, -0.05) is 24.3 Å². The first-order chi connectivity index (χ1) is 11.5. The van der Waals surface area contributed by atoms with Crippen molar-refractivity contribution in [3.63, 3.8) is 0 Å². The summed E-state index contributed by atoms with van der Waals surface area (Å²) in [6.45, 7) is 1.65. The number of hydrogen-bond acceptors (Lipinski definition) is 3. The van der Waals surface area contributed by atoms with Gasteiger partial charge in [-0.2, -0.15) is 0 Å². The molecule has 1 aliphatic rings. The largest absolute Gasteiger partial charge is 0.479 e. The predicted octanol–water partition coefficient (Wildman–Crippen LogP) is 3.12. The lowest BCUT2D eigenvalue weighted by molar-refractivity contribution is -0.122. The summed E-state index contributed by atoms with van der Waals surface area (Å²) in [5.74, 6) is -0.346. The van der Waals surface area contributed by atoms with Crippen molar-refractivity contribution in [2.45, 2.75) is 25.9 Å². The van der Waals surface area contributed by atoms with Crippen LogP contribution in [0.1, 0.15) is 18.9 Å². The number of carbonyl (C=O) groups excluding carboxylic acids is 2. The molecular weight excluding hydrogens is 311 g/mol. The van der Waals surface area contributed by atoms with Crippen LogP contribution >= 0.6 is 0 Å². The van der Waals surface area contributed by atoms with Gasteiger partial charge in [0, 0.05) is 6.42 Å². The Balaban J connectivity index is 1.68. The number of amides is 2. The van der Waals surface area contributed by atoms with Crippen LogP contribution in [0.2, 0.25) is 0 Å². The van der Waals surface area contributed by atoms with Crippen molar-refractivity contribution in [2.75, 3.05) is 10.6 Å². The van der Waals surface area contributed by atoms with Crippen molar-refractivity contribution in [1.29, 1.82) is 0 Å². The van der Waals surface area contributed by atoms with Crippen molar-refractivity contribution < 1.29 is 18.7 Å². The van der Waals surface area contributed by atoms with E-state index < -0.39 is 6.10 Å². The second-order valence-corrected chi connectivity index (χ2v) is 5.57. The predicted molar refractivity (Wildman–Crippen MR) is 88.5 cm³/mol. The number of hydrogen-bond donors (Lipinski definition) is 2. The maximum absolute atomic E-state index is 13.6. The molecule has 5 nitrogen and oxygen atoms in total. The van der Waals surface area contributed by atoms with Gasteiger partial charge in [0.2, 0.25) is 5.91 Å².